The van der Waals surface area contributed by atoms with E-state index in [4.69, 9.17) is 4.74 Å². The second-order valence-corrected chi connectivity index (χ2v) is 5.68. The molecule has 1 heterocycles. The first-order chi connectivity index (χ1) is 10.1. The quantitative estimate of drug-likeness (QED) is 0.840. The van der Waals surface area contributed by atoms with Crippen LogP contribution in [0, 0.1) is 5.92 Å². The van der Waals surface area contributed by atoms with Crippen LogP contribution in [0.25, 0.3) is 0 Å². The summed E-state index contributed by atoms with van der Waals surface area (Å²) in [5.41, 5.74) is 0.253. The number of hydrogen-bond acceptors (Lipinski definition) is 4. The van der Waals surface area contributed by atoms with E-state index in [1.165, 1.54) is 20.0 Å². The van der Waals surface area contributed by atoms with Crippen molar-refractivity contribution in [2.45, 2.75) is 19.8 Å². The standard InChI is InChI=1S/C16H24N2O3/c1-12(11-18-8-3-4-9-18)10-17-16(20)13-6-5-7-14(21-2)15(13)19/h5-7,12,19H,3-4,8-11H2,1-2H3,(H,17,20). The number of carbonyl (C=O) groups is 1. The number of nitrogens with zero attached hydrogens (tertiary/aromatic N) is 1. The van der Waals surface area contributed by atoms with Crippen LogP contribution >= 0.6 is 0 Å². The molecule has 0 aliphatic carbocycles. The normalized spacial score (nSPS) is 16.7. The van der Waals surface area contributed by atoms with Gasteiger partial charge in [-0.25, -0.2) is 0 Å². The van der Waals surface area contributed by atoms with Gasteiger partial charge in [0, 0.05) is 13.1 Å². The Labute approximate surface area is 125 Å². The molecule has 1 aliphatic rings. The Bertz CT molecular complexity index is 484. The summed E-state index contributed by atoms with van der Waals surface area (Å²) in [6.07, 6.45) is 2.55. The highest BCUT2D eigenvalue weighted by Crippen LogP contribution is 2.29. The van der Waals surface area contributed by atoms with E-state index in [0.717, 1.165) is 19.6 Å². The Morgan fingerprint density at radius 2 is 2.14 bits per heavy atom. The van der Waals surface area contributed by atoms with E-state index < -0.39 is 0 Å². The second kappa shape index (κ2) is 7.31. The topological polar surface area (TPSA) is 61.8 Å². The number of likely N-dealkylation sites (tertiary alicyclic amines) is 1. The highest BCUT2D eigenvalue weighted by atomic mass is 16.5. The molecule has 21 heavy (non-hydrogen) atoms. The molecule has 1 aliphatic heterocycles. The Hall–Kier alpha value is -1.75. The molecule has 0 spiro atoms. The number of carbonyl (C=O) groups excluding carboxylic acids is 1. The summed E-state index contributed by atoms with van der Waals surface area (Å²) in [4.78, 5) is 14.6. The van der Waals surface area contributed by atoms with Crippen molar-refractivity contribution >= 4 is 5.91 Å². The van der Waals surface area contributed by atoms with Crippen molar-refractivity contribution in [2.24, 2.45) is 5.92 Å². The Morgan fingerprint density at radius 3 is 2.81 bits per heavy atom. The minimum Gasteiger partial charge on any atom is -0.504 e. The molecule has 1 unspecified atom stereocenters. The number of amides is 1. The number of nitrogens with one attached hydrogen (secondary N) is 1. The molecule has 5 heteroatoms. The van der Waals surface area contributed by atoms with Crippen molar-refractivity contribution in [1.82, 2.24) is 10.2 Å². The minimum absolute atomic E-state index is 0.107. The lowest BCUT2D eigenvalue weighted by Gasteiger charge is -2.20. The first kappa shape index (κ1) is 15.6. The third-order valence-electron chi connectivity index (χ3n) is 3.84. The van der Waals surface area contributed by atoms with Gasteiger partial charge in [0.15, 0.2) is 11.5 Å². The Balaban J connectivity index is 1.86. The van der Waals surface area contributed by atoms with Gasteiger partial charge in [-0.3, -0.25) is 4.79 Å². The summed E-state index contributed by atoms with van der Waals surface area (Å²) in [7, 11) is 1.47. The van der Waals surface area contributed by atoms with E-state index >= 15 is 0 Å². The van der Waals surface area contributed by atoms with Crippen molar-refractivity contribution in [1.29, 1.82) is 0 Å². The summed E-state index contributed by atoms with van der Waals surface area (Å²) in [5.74, 6) is 0.330. The third kappa shape index (κ3) is 4.11. The van der Waals surface area contributed by atoms with Crippen LogP contribution in [0.15, 0.2) is 18.2 Å². The molecule has 2 N–H and O–H groups in total. The fourth-order valence-corrected chi connectivity index (χ4v) is 2.70. The first-order valence-electron chi connectivity index (χ1n) is 7.48. The number of methoxy groups -OCH3 is 1. The van der Waals surface area contributed by atoms with Gasteiger partial charge in [-0.1, -0.05) is 13.0 Å². The van der Waals surface area contributed by atoms with Crippen LogP contribution in [-0.2, 0) is 0 Å². The highest BCUT2D eigenvalue weighted by Gasteiger charge is 2.17. The van der Waals surface area contributed by atoms with E-state index in [1.54, 1.807) is 18.2 Å². The monoisotopic (exact) mass is 292 g/mol. The molecule has 0 saturated carbocycles. The Morgan fingerprint density at radius 1 is 1.43 bits per heavy atom. The highest BCUT2D eigenvalue weighted by molar-refractivity contribution is 5.97. The number of ether oxygens (including phenoxy) is 1. The smallest absolute Gasteiger partial charge is 0.255 e. The SMILES string of the molecule is COc1cccc(C(=O)NCC(C)CN2CCCC2)c1O. The van der Waals surface area contributed by atoms with Crippen LogP contribution in [0.2, 0.25) is 0 Å². The average Bonchev–Trinajstić information content (AvgIpc) is 2.98. The lowest BCUT2D eigenvalue weighted by atomic mass is 10.1. The molecular weight excluding hydrogens is 268 g/mol. The van der Waals surface area contributed by atoms with E-state index in [-0.39, 0.29) is 17.2 Å². The number of rotatable bonds is 6. The molecule has 1 saturated heterocycles. The zero-order chi connectivity index (χ0) is 15.2. The molecule has 1 atom stereocenters. The van der Waals surface area contributed by atoms with Crippen molar-refractivity contribution < 1.29 is 14.6 Å². The number of phenolic OH excluding ortho intramolecular Hbond substituents is 1. The maximum absolute atomic E-state index is 12.1. The predicted molar refractivity (Wildman–Crippen MR) is 81.8 cm³/mol. The summed E-state index contributed by atoms with van der Waals surface area (Å²) in [6, 6.07) is 4.92. The molecule has 0 aromatic heterocycles. The maximum atomic E-state index is 12.1. The summed E-state index contributed by atoms with van der Waals surface area (Å²) < 4.78 is 5.01. The molecule has 1 amide bonds. The van der Waals surface area contributed by atoms with Crippen LogP contribution < -0.4 is 10.1 Å². The van der Waals surface area contributed by atoms with Crippen molar-refractivity contribution in [3.8, 4) is 11.5 Å². The van der Waals surface area contributed by atoms with Crippen LogP contribution in [-0.4, -0.2) is 49.2 Å². The molecule has 2 rings (SSSR count). The van der Waals surface area contributed by atoms with Crippen LogP contribution in [0.1, 0.15) is 30.1 Å². The fraction of sp³-hybridized carbons (Fsp3) is 0.562. The van der Waals surface area contributed by atoms with Gasteiger partial charge in [0.25, 0.3) is 5.91 Å². The Kier molecular flexibility index (Phi) is 5.44. The number of aromatic hydroxyl groups is 1. The lowest BCUT2D eigenvalue weighted by molar-refractivity contribution is 0.0942. The van der Waals surface area contributed by atoms with Crippen molar-refractivity contribution in [3.63, 3.8) is 0 Å². The molecule has 0 bridgehead atoms. The first-order valence-corrected chi connectivity index (χ1v) is 7.48. The van der Waals surface area contributed by atoms with Gasteiger partial charge in [-0.15, -0.1) is 0 Å². The molecule has 0 radical (unpaired) electrons. The van der Waals surface area contributed by atoms with Crippen LogP contribution in [0.5, 0.6) is 11.5 Å². The lowest BCUT2D eigenvalue weighted by Crippen LogP contribution is -2.34. The van der Waals surface area contributed by atoms with E-state index in [1.807, 2.05) is 0 Å². The van der Waals surface area contributed by atoms with Gasteiger partial charge in [0.05, 0.1) is 12.7 Å². The van der Waals surface area contributed by atoms with Gasteiger partial charge < -0.3 is 20.1 Å². The minimum atomic E-state index is -0.264. The maximum Gasteiger partial charge on any atom is 0.255 e. The van der Waals surface area contributed by atoms with Gasteiger partial charge >= 0.3 is 0 Å². The van der Waals surface area contributed by atoms with Gasteiger partial charge in [0.1, 0.15) is 0 Å². The molecule has 1 fully saturated rings. The summed E-state index contributed by atoms with van der Waals surface area (Å²) in [6.45, 7) is 6.06. The predicted octanol–water partition coefficient (Wildman–Crippen LogP) is 1.86. The third-order valence-corrected chi connectivity index (χ3v) is 3.84. The van der Waals surface area contributed by atoms with E-state index in [9.17, 15) is 9.90 Å². The zero-order valence-corrected chi connectivity index (χ0v) is 12.8. The fourth-order valence-electron chi connectivity index (χ4n) is 2.70. The van der Waals surface area contributed by atoms with Crippen molar-refractivity contribution in [2.75, 3.05) is 33.3 Å². The molecule has 1 aromatic carbocycles. The largest absolute Gasteiger partial charge is 0.504 e. The van der Waals surface area contributed by atoms with E-state index in [2.05, 4.69) is 17.1 Å². The average molecular weight is 292 g/mol. The van der Waals surface area contributed by atoms with Crippen LogP contribution in [0.3, 0.4) is 0 Å². The van der Waals surface area contributed by atoms with Gasteiger partial charge in [0.2, 0.25) is 0 Å². The number of phenols is 1. The summed E-state index contributed by atoms with van der Waals surface area (Å²) in [5, 5.41) is 12.8. The molecule has 116 valence electrons. The molecule has 5 nitrogen and oxygen atoms in total. The van der Waals surface area contributed by atoms with Gasteiger partial charge in [-0.05, 0) is 44.0 Å². The number of hydrogen-bond donors (Lipinski definition) is 2. The van der Waals surface area contributed by atoms with E-state index in [0.29, 0.717) is 18.2 Å². The second-order valence-electron chi connectivity index (χ2n) is 5.68. The number of para-hydroxylation sites is 1. The number of benzene rings is 1. The zero-order valence-electron chi connectivity index (χ0n) is 12.8. The summed E-state index contributed by atoms with van der Waals surface area (Å²) >= 11 is 0. The van der Waals surface area contributed by atoms with Gasteiger partial charge in [-0.2, -0.15) is 0 Å². The van der Waals surface area contributed by atoms with Crippen molar-refractivity contribution in [3.05, 3.63) is 23.8 Å². The molecular formula is C16H24N2O3. The molecule has 1 aromatic rings. The van der Waals surface area contributed by atoms with Crippen LogP contribution in [0.4, 0.5) is 0 Å².